The Kier molecular flexibility index (Phi) is 5.57. The zero-order chi connectivity index (χ0) is 13.7. The molecule has 0 unspecified atom stereocenters. The molecule has 6 heteroatoms. The number of likely N-dealkylation sites (N-methyl/N-ethyl adjacent to an activating group) is 1. The number of thiazole rings is 1. The van der Waals surface area contributed by atoms with Gasteiger partial charge in [-0.2, -0.15) is 0 Å². The predicted octanol–water partition coefficient (Wildman–Crippen LogP) is 1.28. The topological polar surface area (TPSA) is 54.6 Å². The van der Waals surface area contributed by atoms with E-state index in [9.17, 15) is 0 Å². The molecule has 1 aliphatic heterocycles. The highest BCUT2D eigenvalue weighted by atomic mass is 32.1. The molecular weight excluding hydrogens is 260 g/mol. The van der Waals surface area contributed by atoms with Gasteiger partial charge in [-0.3, -0.25) is 0 Å². The van der Waals surface area contributed by atoms with E-state index in [0.29, 0.717) is 13.2 Å². The molecule has 1 aliphatic rings. The van der Waals surface area contributed by atoms with Gasteiger partial charge in [0.1, 0.15) is 0 Å². The van der Waals surface area contributed by atoms with E-state index >= 15 is 0 Å². The third-order valence-electron chi connectivity index (χ3n) is 3.51. The van der Waals surface area contributed by atoms with Crippen molar-refractivity contribution in [2.24, 2.45) is 5.73 Å². The Morgan fingerprint density at radius 2 is 2.16 bits per heavy atom. The summed E-state index contributed by atoms with van der Waals surface area (Å²) in [5.41, 5.74) is 6.74. The van der Waals surface area contributed by atoms with Gasteiger partial charge in [0.2, 0.25) is 0 Å². The van der Waals surface area contributed by atoms with Crippen molar-refractivity contribution in [3.8, 4) is 0 Å². The molecule has 2 N–H and O–H groups in total. The van der Waals surface area contributed by atoms with E-state index in [2.05, 4.69) is 21.8 Å². The Morgan fingerprint density at radius 3 is 2.79 bits per heavy atom. The van der Waals surface area contributed by atoms with Gasteiger partial charge >= 0.3 is 0 Å². The van der Waals surface area contributed by atoms with Crippen LogP contribution in [0.1, 0.15) is 23.4 Å². The molecule has 1 fully saturated rings. The second kappa shape index (κ2) is 7.19. The van der Waals surface area contributed by atoms with Crippen molar-refractivity contribution in [3.05, 3.63) is 10.6 Å². The molecule has 108 valence electrons. The van der Waals surface area contributed by atoms with Crippen LogP contribution in [0.4, 0.5) is 5.13 Å². The average Bonchev–Trinajstić information content (AvgIpc) is 3.05. The third-order valence-corrected chi connectivity index (χ3v) is 4.74. The molecule has 2 heterocycles. The summed E-state index contributed by atoms with van der Waals surface area (Å²) in [6.07, 6.45) is 2.69. The quantitative estimate of drug-likeness (QED) is 0.817. The van der Waals surface area contributed by atoms with Crippen LogP contribution >= 0.6 is 11.3 Å². The molecule has 19 heavy (non-hydrogen) atoms. The van der Waals surface area contributed by atoms with Crippen LogP contribution in [0.5, 0.6) is 0 Å². The first-order valence-electron chi connectivity index (χ1n) is 6.85. The van der Waals surface area contributed by atoms with Crippen LogP contribution in [-0.4, -0.2) is 50.2 Å². The Balaban J connectivity index is 1.91. The van der Waals surface area contributed by atoms with Crippen molar-refractivity contribution in [2.75, 3.05) is 45.2 Å². The lowest BCUT2D eigenvalue weighted by molar-refractivity contribution is 0.181. The van der Waals surface area contributed by atoms with E-state index in [-0.39, 0.29) is 0 Å². The molecule has 5 nitrogen and oxygen atoms in total. The Morgan fingerprint density at radius 1 is 1.42 bits per heavy atom. The number of hydrogen-bond donors (Lipinski definition) is 1. The molecule has 0 aromatic carbocycles. The van der Waals surface area contributed by atoms with Gasteiger partial charge in [-0.05, 0) is 25.9 Å². The van der Waals surface area contributed by atoms with E-state index in [0.717, 1.165) is 28.8 Å². The van der Waals surface area contributed by atoms with Gasteiger partial charge in [-0.1, -0.05) is 0 Å². The highest BCUT2D eigenvalue weighted by Crippen LogP contribution is 2.25. The van der Waals surface area contributed by atoms with Gasteiger partial charge in [-0.15, -0.1) is 11.3 Å². The molecule has 0 radical (unpaired) electrons. The number of anilines is 1. The van der Waals surface area contributed by atoms with Crippen molar-refractivity contribution in [3.63, 3.8) is 0 Å². The molecule has 0 saturated carbocycles. The minimum Gasteiger partial charge on any atom is -0.378 e. The zero-order valence-corrected chi connectivity index (χ0v) is 12.7. The predicted molar refractivity (Wildman–Crippen MR) is 79.7 cm³/mol. The highest BCUT2D eigenvalue weighted by Gasteiger charge is 2.15. The van der Waals surface area contributed by atoms with Crippen LogP contribution in [0.2, 0.25) is 0 Å². The first kappa shape index (κ1) is 14.7. The average molecular weight is 284 g/mol. The fraction of sp³-hybridized carbons (Fsp3) is 0.769. The van der Waals surface area contributed by atoms with Gasteiger partial charge in [0.15, 0.2) is 5.13 Å². The van der Waals surface area contributed by atoms with Gasteiger partial charge in [-0.25, -0.2) is 4.98 Å². The molecule has 0 aliphatic carbocycles. The fourth-order valence-electron chi connectivity index (χ4n) is 2.34. The minimum absolute atomic E-state index is 0.538. The summed E-state index contributed by atoms with van der Waals surface area (Å²) in [6, 6.07) is 0. The normalized spacial score (nSPS) is 16.2. The Hall–Kier alpha value is -0.690. The summed E-state index contributed by atoms with van der Waals surface area (Å²) in [7, 11) is 3.79. The lowest BCUT2D eigenvalue weighted by Crippen LogP contribution is -2.31. The van der Waals surface area contributed by atoms with Crippen molar-refractivity contribution in [1.82, 2.24) is 9.88 Å². The van der Waals surface area contributed by atoms with Crippen LogP contribution in [0.25, 0.3) is 0 Å². The molecule has 0 atom stereocenters. The van der Waals surface area contributed by atoms with Crippen LogP contribution < -0.4 is 10.6 Å². The molecule has 0 amide bonds. The van der Waals surface area contributed by atoms with Gasteiger partial charge < -0.3 is 20.3 Å². The monoisotopic (exact) mass is 284 g/mol. The maximum atomic E-state index is 5.76. The van der Waals surface area contributed by atoms with Gasteiger partial charge in [0, 0.05) is 38.7 Å². The molecule has 0 bridgehead atoms. The number of hydrogen-bond acceptors (Lipinski definition) is 6. The number of methoxy groups -OCH3 is 1. The van der Waals surface area contributed by atoms with Crippen LogP contribution in [-0.2, 0) is 17.9 Å². The van der Waals surface area contributed by atoms with Crippen molar-refractivity contribution < 1.29 is 4.74 Å². The molecule has 2 rings (SSSR count). The standard InChI is InChI=1S/C13H24N4OS/c1-16(7-8-17-5-3-4-6-17)13-15-11(10-18-2)12(9-14)19-13/h3-10,14H2,1-2H3. The molecule has 1 saturated heterocycles. The summed E-state index contributed by atoms with van der Waals surface area (Å²) < 4.78 is 5.17. The first-order chi connectivity index (χ1) is 9.24. The third kappa shape index (κ3) is 3.89. The lowest BCUT2D eigenvalue weighted by atomic mass is 10.4. The molecule has 1 aromatic heterocycles. The maximum Gasteiger partial charge on any atom is 0.185 e. The second-order valence-corrected chi connectivity index (χ2v) is 6.04. The van der Waals surface area contributed by atoms with Crippen LogP contribution in [0.3, 0.4) is 0 Å². The minimum atomic E-state index is 0.538. The first-order valence-corrected chi connectivity index (χ1v) is 7.67. The van der Waals surface area contributed by atoms with E-state index in [1.165, 1.54) is 25.9 Å². The van der Waals surface area contributed by atoms with Crippen LogP contribution in [0.15, 0.2) is 0 Å². The van der Waals surface area contributed by atoms with Gasteiger partial charge in [0.25, 0.3) is 0 Å². The van der Waals surface area contributed by atoms with Crippen molar-refractivity contribution in [1.29, 1.82) is 0 Å². The Bertz CT molecular complexity index is 390. The zero-order valence-electron chi connectivity index (χ0n) is 11.9. The summed E-state index contributed by atoms with van der Waals surface area (Å²) in [5, 5.41) is 1.05. The molecule has 0 spiro atoms. The summed E-state index contributed by atoms with van der Waals surface area (Å²) in [4.78, 5) is 10.5. The Labute approximate surface area is 119 Å². The van der Waals surface area contributed by atoms with Crippen molar-refractivity contribution >= 4 is 16.5 Å². The van der Waals surface area contributed by atoms with Crippen LogP contribution in [0, 0.1) is 0 Å². The SMILES string of the molecule is COCc1nc(N(C)CCN2CCCC2)sc1CN. The number of nitrogens with two attached hydrogens (primary N) is 1. The van der Waals surface area contributed by atoms with E-state index in [1.54, 1.807) is 18.4 Å². The number of nitrogens with zero attached hydrogens (tertiary/aromatic N) is 3. The summed E-state index contributed by atoms with van der Waals surface area (Å²) in [5.74, 6) is 0. The highest BCUT2D eigenvalue weighted by molar-refractivity contribution is 7.15. The second-order valence-electron chi connectivity index (χ2n) is 4.97. The van der Waals surface area contributed by atoms with Gasteiger partial charge in [0.05, 0.1) is 12.3 Å². The van der Waals surface area contributed by atoms with E-state index in [1.807, 2.05) is 0 Å². The number of likely N-dealkylation sites (tertiary alicyclic amines) is 1. The summed E-state index contributed by atoms with van der Waals surface area (Å²) >= 11 is 1.68. The van der Waals surface area contributed by atoms with E-state index in [4.69, 9.17) is 10.5 Å². The summed E-state index contributed by atoms with van der Waals surface area (Å²) in [6.45, 7) is 5.71. The fourth-order valence-corrected chi connectivity index (χ4v) is 3.26. The largest absolute Gasteiger partial charge is 0.378 e. The van der Waals surface area contributed by atoms with E-state index < -0.39 is 0 Å². The number of aromatic nitrogens is 1. The molecule has 1 aromatic rings. The number of ether oxygens (including phenoxy) is 1. The maximum absolute atomic E-state index is 5.76. The smallest absolute Gasteiger partial charge is 0.185 e. The lowest BCUT2D eigenvalue weighted by Gasteiger charge is -2.20. The van der Waals surface area contributed by atoms with Crippen molar-refractivity contribution in [2.45, 2.75) is 26.0 Å². The number of rotatable bonds is 7. The molecular formula is C13H24N4OS.